The highest BCUT2D eigenvalue weighted by atomic mass is 19.1. The van der Waals surface area contributed by atoms with Gasteiger partial charge in [-0.3, -0.25) is 19.4 Å². The average Bonchev–Trinajstić information content (AvgIpc) is 3.02. The van der Waals surface area contributed by atoms with Gasteiger partial charge in [0, 0.05) is 65.2 Å². The Labute approximate surface area is 170 Å². The molecule has 0 aromatic heterocycles. The number of carbonyl (C=O) groups excluding carboxylic acids is 2. The fourth-order valence-electron chi connectivity index (χ4n) is 5.13. The Hall–Kier alpha value is -2.03. The molecule has 7 nitrogen and oxygen atoms in total. The van der Waals surface area contributed by atoms with Gasteiger partial charge in [-0.2, -0.15) is 0 Å². The predicted octanol–water partition coefficient (Wildman–Crippen LogP) is 0.184. The lowest BCUT2D eigenvalue weighted by Crippen LogP contribution is -2.78. The molecule has 1 spiro atoms. The van der Waals surface area contributed by atoms with Gasteiger partial charge in [0.15, 0.2) is 0 Å². The molecule has 0 bridgehead atoms. The van der Waals surface area contributed by atoms with Crippen LogP contribution in [0.5, 0.6) is 0 Å². The van der Waals surface area contributed by atoms with Crippen molar-refractivity contribution in [1.29, 1.82) is 0 Å². The average molecular weight is 404 g/mol. The van der Waals surface area contributed by atoms with E-state index in [-0.39, 0.29) is 35.3 Å². The highest BCUT2D eigenvalue weighted by Crippen LogP contribution is 2.39. The van der Waals surface area contributed by atoms with E-state index in [4.69, 9.17) is 0 Å². The lowest BCUT2D eigenvalue weighted by Gasteiger charge is -2.61. The van der Waals surface area contributed by atoms with Gasteiger partial charge in [0.2, 0.25) is 11.8 Å². The topological polar surface area (TPSA) is 76.1 Å². The minimum absolute atomic E-state index is 0.0520. The number of amides is 2. The van der Waals surface area contributed by atoms with Gasteiger partial charge in [-0.1, -0.05) is 12.1 Å². The van der Waals surface area contributed by atoms with Crippen LogP contribution in [-0.2, 0) is 16.1 Å². The number of likely N-dealkylation sites (tertiary alicyclic amines) is 1. The van der Waals surface area contributed by atoms with E-state index in [9.17, 15) is 19.1 Å². The summed E-state index contributed by atoms with van der Waals surface area (Å²) in [5.41, 5.74) is 0.933. The number of aliphatic hydroxyl groups excluding tert-OH is 1. The number of hydrogen-bond acceptors (Lipinski definition) is 5. The number of β-amino-alcohol motifs (C(OH)–C–C–N with tert-alkyl or cyclic N) is 1. The summed E-state index contributed by atoms with van der Waals surface area (Å²) < 4.78 is 13.1. The molecule has 3 heterocycles. The number of rotatable bonds is 5. The summed E-state index contributed by atoms with van der Waals surface area (Å²) in [6.07, 6.45) is 0.636. The molecule has 0 unspecified atom stereocenters. The van der Waals surface area contributed by atoms with Crippen LogP contribution in [0, 0.1) is 5.82 Å². The third-order valence-electron chi connectivity index (χ3n) is 6.34. The van der Waals surface area contributed by atoms with Crippen LogP contribution in [0.25, 0.3) is 0 Å². The first-order valence-electron chi connectivity index (χ1n) is 10.3. The molecule has 0 aliphatic carbocycles. The second-order valence-electron chi connectivity index (χ2n) is 8.70. The molecule has 1 aromatic carbocycles. The summed E-state index contributed by atoms with van der Waals surface area (Å²) in [5, 5.41) is 12.9. The number of nitrogens with zero attached hydrogens (tertiary/aromatic N) is 3. The zero-order chi connectivity index (χ0) is 20.6. The third-order valence-corrected chi connectivity index (χ3v) is 6.34. The van der Waals surface area contributed by atoms with E-state index in [1.54, 1.807) is 0 Å². The van der Waals surface area contributed by atoms with Gasteiger partial charge in [-0.15, -0.1) is 0 Å². The van der Waals surface area contributed by atoms with Gasteiger partial charge >= 0.3 is 0 Å². The van der Waals surface area contributed by atoms with E-state index in [0.29, 0.717) is 39.0 Å². The lowest BCUT2D eigenvalue weighted by molar-refractivity contribution is -0.151. The first kappa shape index (κ1) is 20.3. The van der Waals surface area contributed by atoms with Crippen LogP contribution in [0.4, 0.5) is 4.39 Å². The standard InChI is InChI=1S/C21H29FN4O3/c1-15(27)23-7-6-20(29)25-10-18-8-19(28)11-26(18)21(14-25)12-24(13-21)9-16-2-4-17(22)5-3-16/h2-5,18-19,28H,6-14H2,1H3,(H,23,27)/t18-,19+/m0/s1. The zero-order valence-corrected chi connectivity index (χ0v) is 16.8. The van der Waals surface area contributed by atoms with Gasteiger partial charge in [-0.05, 0) is 24.1 Å². The van der Waals surface area contributed by atoms with Crippen molar-refractivity contribution < 1.29 is 19.1 Å². The molecule has 2 atom stereocenters. The Morgan fingerprint density at radius 2 is 1.93 bits per heavy atom. The minimum atomic E-state index is -0.350. The highest BCUT2D eigenvalue weighted by Gasteiger charge is 2.56. The van der Waals surface area contributed by atoms with Crippen molar-refractivity contribution in [2.24, 2.45) is 0 Å². The Bertz CT molecular complexity index is 766. The predicted molar refractivity (Wildman–Crippen MR) is 105 cm³/mol. The number of nitrogens with one attached hydrogen (secondary N) is 1. The van der Waals surface area contributed by atoms with Crippen molar-refractivity contribution in [1.82, 2.24) is 20.0 Å². The monoisotopic (exact) mass is 404 g/mol. The number of carbonyl (C=O) groups is 2. The Balaban J connectivity index is 1.40. The Morgan fingerprint density at radius 3 is 2.62 bits per heavy atom. The molecule has 3 aliphatic heterocycles. The number of piperazine rings is 1. The molecule has 158 valence electrons. The van der Waals surface area contributed by atoms with E-state index in [1.165, 1.54) is 19.1 Å². The van der Waals surface area contributed by atoms with Gasteiger partial charge in [-0.25, -0.2) is 4.39 Å². The number of aliphatic hydroxyl groups is 1. The molecule has 4 rings (SSSR count). The first-order chi connectivity index (χ1) is 13.8. The summed E-state index contributed by atoms with van der Waals surface area (Å²) in [7, 11) is 0. The fraction of sp³-hybridized carbons (Fsp3) is 0.619. The van der Waals surface area contributed by atoms with Gasteiger partial charge in [0.05, 0.1) is 11.6 Å². The van der Waals surface area contributed by atoms with Crippen molar-refractivity contribution in [3.05, 3.63) is 35.6 Å². The molecule has 0 radical (unpaired) electrons. The number of halogens is 1. The zero-order valence-electron chi connectivity index (χ0n) is 16.8. The SMILES string of the molecule is CC(=O)NCCC(=O)N1C[C@@H]2C[C@@H](O)CN2C2(CN(Cc3ccc(F)cc3)C2)C1. The van der Waals surface area contributed by atoms with Crippen LogP contribution in [0.1, 0.15) is 25.3 Å². The maximum atomic E-state index is 13.1. The van der Waals surface area contributed by atoms with E-state index in [2.05, 4.69) is 15.1 Å². The summed E-state index contributed by atoms with van der Waals surface area (Å²) in [6, 6.07) is 6.75. The van der Waals surface area contributed by atoms with Gasteiger partial charge in [0.25, 0.3) is 0 Å². The quantitative estimate of drug-likeness (QED) is 0.733. The molecule has 3 fully saturated rings. The largest absolute Gasteiger partial charge is 0.392 e. The maximum Gasteiger partial charge on any atom is 0.224 e. The van der Waals surface area contributed by atoms with E-state index in [1.807, 2.05) is 17.0 Å². The molecule has 29 heavy (non-hydrogen) atoms. The molecule has 3 aliphatic rings. The fourth-order valence-corrected chi connectivity index (χ4v) is 5.13. The molecular weight excluding hydrogens is 375 g/mol. The van der Waals surface area contributed by atoms with E-state index >= 15 is 0 Å². The summed E-state index contributed by atoms with van der Waals surface area (Å²) >= 11 is 0. The van der Waals surface area contributed by atoms with Crippen LogP contribution in [0.2, 0.25) is 0 Å². The van der Waals surface area contributed by atoms with Crippen LogP contribution in [-0.4, -0.2) is 88.6 Å². The molecule has 1 aromatic rings. The summed E-state index contributed by atoms with van der Waals surface area (Å²) in [6.45, 7) is 6.13. The normalized spacial score (nSPS) is 26.2. The maximum absolute atomic E-state index is 13.1. The smallest absolute Gasteiger partial charge is 0.224 e. The lowest BCUT2D eigenvalue weighted by atomic mass is 9.83. The molecule has 0 saturated carbocycles. The second-order valence-corrected chi connectivity index (χ2v) is 8.70. The van der Waals surface area contributed by atoms with Gasteiger partial charge < -0.3 is 15.3 Å². The number of fused-ring (bicyclic) bond motifs is 2. The van der Waals surface area contributed by atoms with Crippen LogP contribution in [0.3, 0.4) is 0 Å². The Morgan fingerprint density at radius 1 is 1.21 bits per heavy atom. The summed E-state index contributed by atoms with van der Waals surface area (Å²) in [4.78, 5) is 30.4. The highest BCUT2D eigenvalue weighted by molar-refractivity contribution is 5.78. The number of benzene rings is 1. The first-order valence-corrected chi connectivity index (χ1v) is 10.3. The molecule has 3 saturated heterocycles. The van der Waals surface area contributed by atoms with Crippen molar-refractivity contribution in [3.63, 3.8) is 0 Å². The van der Waals surface area contributed by atoms with Crippen LogP contribution < -0.4 is 5.32 Å². The van der Waals surface area contributed by atoms with E-state index < -0.39 is 0 Å². The van der Waals surface area contributed by atoms with Crippen LogP contribution >= 0.6 is 0 Å². The molecule has 8 heteroatoms. The number of hydrogen-bond donors (Lipinski definition) is 2. The van der Waals surface area contributed by atoms with Crippen molar-refractivity contribution >= 4 is 11.8 Å². The second kappa shape index (κ2) is 8.01. The molecule has 2 N–H and O–H groups in total. The van der Waals surface area contributed by atoms with E-state index in [0.717, 1.165) is 25.2 Å². The van der Waals surface area contributed by atoms with Crippen molar-refractivity contribution in [3.8, 4) is 0 Å². The minimum Gasteiger partial charge on any atom is -0.392 e. The third kappa shape index (κ3) is 4.29. The Kier molecular flexibility index (Phi) is 5.59. The van der Waals surface area contributed by atoms with Gasteiger partial charge in [0.1, 0.15) is 5.82 Å². The van der Waals surface area contributed by atoms with Crippen molar-refractivity contribution in [2.45, 2.75) is 44.0 Å². The summed E-state index contributed by atoms with van der Waals surface area (Å²) in [5.74, 6) is -0.312. The molecular formula is C21H29FN4O3. The molecule has 2 amide bonds. The van der Waals surface area contributed by atoms with Crippen molar-refractivity contribution in [2.75, 3.05) is 39.3 Å². The van der Waals surface area contributed by atoms with Crippen LogP contribution in [0.15, 0.2) is 24.3 Å².